The fraction of sp³-hybridized carbons (Fsp3) is 0.278. The van der Waals surface area contributed by atoms with Crippen LogP contribution in [-0.2, 0) is 27.7 Å². The van der Waals surface area contributed by atoms with Gasteiger partial charge in [-0.05, 0) is 68.0 Å². The molecule has 6 nitrogen and oxygen atoms in total. The largest absolute Gasteiger partial charge is 0.358 e. The van der Waals surface area contributed by atoms with Crippen molar-refractivity contribution in [2.24, 2.45) is 5.14 Å². The van der Waals surface area contributed by atoms with Crippen LogP contribution in [0.2, 0.25) is 0 Å². The molecule has 2 aliphatic rings. The van der Waals surface area contributed by atoms with E-state index in [1.165, 1.54) is 36.2 Å². The quantitative estimate of drug-likeness (QED) is 0.718. The molecule has 4 rings (SSSR count). The number of amides is 1. The smallest absolute Gasteiger partial charge is 0.256 e. The van der Waals surface area contributed by atoms with E-state index in [1.807, 2.05) is 6.08 Å². The van der Waals surface area contributed by atoms with E-state index in [2.05, 4.69) is 17.2 Å². The molecule has 0 unspecified atom stereocenters. The standard InChI is InChI=1S/C18H19N3O3S/c1-10-12-4-2-3-5-15(12)20-17(10)9-14-13-8-11(25(19,23)24)6-7-16(13)21-18(14)22/h6-9,20H,2-5H2,1H3,(H,21,22)(H2,19,23,24). The number of nitrogens with two attached hydrogens (primary N) is 1. The summed E-state index contributed by atoms with van der Waals surface area (Å²) in [6, 6.07) is 4.42. The van der Waals surface area contributed by atoms with Gasteiger partial charge in [0.05, 0.1) is 10.5 Å². The van der Waals surface area contributed by atoms with Crippen LogP contribution in [0, 0.1) is 6.92 Å². The summed E-state index contributed by atoms with van der Waals surface area (Å²) < 4.78 is 23.2. The second kappa shape index (κ2) is 5.57. The molecule has 0 saturated carbocycles. The van der Waals surface area contributed by atoms with Crippen molar-refractivity contribution in [3.63, 3.8) is 0 Å². The lowest BCUT2D eigenvalue weighted by Crippen LogP contribution is -2.12. The second-order valence-electron chi connectivity index (χ2n) is 6.59. The van der Waals surface area contributed by atoms with Crippen LogP contribution >= 0.6 is 0 Å². The number of hydrogen-bond acceptors (Lipinski definition) is 3. The van der Waals surface area contributed by atoms with Crippen molar-refractivity contribution < 1.29 is 13.2 Å². The Hall–Kier alpha value is -2.38. The van der Waals surface area contributed by atoms with E-state index in [-0.39, 0.29) is 10.8 Å². The number of rotatable bonds is 2. The van der Waals surface area contributed by atoms with Gasteiger partial charge in [-0.3, -0.25) is 4.79 Å². The van der Waals surface area contributed by atoms with E-state index >= 15 is 0 Å². The van der Waals surface area contributed by atoms with Crippen molar-refractivity contribution in [1.29, 1.82) is 0 Å². The van der Waals surface area contributed by atoms with Crippen LogP contribution in [0.1, 0.15) is 40.9 Å². The maximum absolute atomic E-state index is 12.4. The molecule has 25 heavy (non-hydrogen) atoms. The zero-order chi connectivity index (χ0) is 17.8. The van der Waals surface area contributed by atoms with Gasteiger partial charge in [-0.25, -0.2) is 13.6 Å². The molecule has 1 amide bonds. The Morgan fingerprint density at radius 3 is 2.68 bits per heavy atom. The lowest BCUT2D eigenvalue weighted by molar-refractivity contribution is -0.110. The number of aryl methyl sites for hydroxylation is 1. The fourth-order valence-corrected chi connectivity index (χ4v) is 4.19. The molecule has 1 aliphatic carbocycles. The molecule has 0 spiro atoms. The zero-order valence-corrected chi connectivity index (χ0v) is 14.7. The summed E-state index contributed by atoms with van der Waals surface area (Å²) in [5.74, 6) is -0.242. The first-order chi connectivity index (χ1) is 11.8. The highest BCUT2D eigenvalue weighted by atomic mass is 32.2. The van der Waals surface area contributed by atoms with E-state index in [4.69, 9.17) is 5.14 Å². The molecule has 1 aliphatic heterocycles. The molecular formula is C18H19N3O3S. The minimum absolute atomic E-state index is 0.00356. The van der Waals surface area contributed by atoms with E-state index < -0.39 is 10.0 Å². The minimum atomic E-state index is -3.82. The van der Waals surface area contributed by atoms with Crippen LogP contribution in [0.3, 0.4) is 0 Å². The maximum Gasteiger partial charge on any atom is 0.256 e. The molecule has 2 aromatic rings. The Labute approximate surface area is 146 Å². The molecule has 0 radical (unpaired) electrons. The third-order valence-corrected chi connectivity index (χ3v) is 5.91. The van der Waals surface area contributed by atoms with Crippen LogP contribution in [0.5, 0.6) is 0 Å². The third kappa shape index (κ3) is 2.69. The predicted octanol–water partition coefficient (Wildman–Crippen LogP) is 2.34. The summed E-state index contributed by atoms with van der Waals surface area (Å²) in [7, 11) is -3.82. The Bertz CT molecular complexity index is 1030. The average molecular weight is 357 g/mol. The normalized spacial score (nSPS) is 18.2. The lowest BCUT2D eigenvalue weighted by Gasteiger charge is -2.10. The first-order valence-electron chi connectivity index (χ1n) is 8.25. The number of anilines is 1. The number of aromatic amines is 1. The number of H-pyrrole nitrogens is 1. The van der Waals surface area contributed by atoms with Crippen molar-refractivity contribution in [3.05, 3.63) is 46.3 Å². The summed E-state index contributed by atoms with van der Waals surface area (Å²) in [4.78, 5) is 15.8. The Morgan fingerprint density at radius 2 is 1.96 bits per heavy atom. The van der Waals surface area contributed by atoms with E-state index in [9.17, 15) is 13.2 Å². The monoisotopic (exact) mass is 357 g/mol. The van der Waals surface area contributed by atoms with Crippen LogP contribution in [0.4, 0.5) is 5.69 Å². The number of carbonyl (C=O) groups is 1. The SMILES string of the molecule is Cc1c(C=C2C(=O)Nc3ccc(S(N)(=O)=O)cc32)[nH]c2c1CCCC2. The summed E-state index contributed by atoms with van der Waals surface area (Å²) >= 11 is 0. The molecule has 0 bridgehead atoms. The van der Waals surface area contributed by atoms with Crippen molar-refractivity contribution in [2.45, 2.75) is 37.5 Å². The van der Waals surface area contributed by atoms with Gasteiger partial charge in [0.2, 0.25) is 10.0 Å². The van der Waals surface area contributed by atoms with Gasteiger partial charge in [-0.15, -0.1) is 0 Å². The molecule has 2 heterocycles. The topological polar surface area (TPSA) is 105 Å². The number of primary sulfonamides is 1. The van der Waals surface area contributed by atoms with Crippen molar-refractivity contribution in [3.8, 4) is 0 Å². The summed E-state index contributed by atoms with van der Waals surface area (Å²) in [5.41, 5.74) is 6.25. The third-order valence-electron chi connectivity index (χ3n) is 5.00. The molecule has 1 aromatic heterocycles. The molecule has 0 saturated heterocycles. The van der Waals surface area contributed by atoms with Crippen LogP contribution in [-0.4, -0.2) is 19.3 Å². The molecule has 0 atom stereocenters. The van der Waals surface area contributed by atoms with E-state index in [1.54, 1.807) is 6.07 Å². The zero-order valence-electron chi connectivity index (χ0n) is 13.8. The first kappa shape index (κ1) is 16.1. The lowest BCUT2D eigenvalue weighted by atomic mass is 9.95. The molecule has 130 valence electrons. The minimum Gasteiger partial charge on any atom is -0.358 e. The Balaban J connectivity index is 1.84. The number of nitrogens with one attached hydrogen (secondary N) is 2. The Kier molecular flexibility index (Phi) is 3.59. The van der Waals surface area contributed by atoms with Crippen LogP contribution in [0.25, 0.3) is 11.6 Å². The molecule has 7 heteroatoms. The highest BCUT2D eigenvalue weighted by Crippen LogP contribution is 2.36. The molecule has 4 N–H and O–H groups in total. The van der Waals surface area contributed by atoms with Gasteiger partial charge in [0.15, 0.2) is 0 Å². The van der Waals surface area contributed by atoms with E-state index in [0.717, 1.165) is 24.1 Å². The van der Waals surface area contributed by atoms with Crippen molar-refractivity contribution in [2.75, 3.05) is 5.32 Å². The highest BCUT2D eigenvalue weighted by molar-refractivity contribution is 7.89. The second-order valence-corrected chi connectivity index (χ2v) is 8.15. The van der Waals surface area contributed by atoms with Crippen molar-refractivity contribution in [1.82, 2.24) is 4.98 Å². The van der Waals surface area contributed by atoms with Gasteiger partial charge in [-0.2, -0.15) is 0 Å². The maximum atomic E-state index is 12.4. The fourth-order valence-electron chi connectivity index (χ4n) is 3.65. The number of fused-ring (bicyclic) bond motifs is 2. The molecule has 0 fully saturated rings. The van der Waals surface area contributed by atoms with Crippen LogP contribution < -0.4 is 10.5 Å². The average Bonchev–Trinajstić information content (AvgIpc) is 3.05. The molecule has 1 aromatic carbocycles. The van der Waals surface area contributed by atoms with Gasteiger partial charge >= 0.3 is 0 Å². The van der Waals surface area contributed by atoms with Gasteiger partial charge in [-0.1, -0.05) is 0 Å². The number of carbonyl (C=O) groups excluding carboxylic acids is 1. The van der Waals surface area contributed by atoms with Crippen LogP contribution in [0.15, 0.2) is 23.1 Å². The molecular weight excluding hydrogens is 338 g/mol. The van der Waals surface area contributed by atoms with Gasteiger partial charge < -0.3 is 10.3 Å². The number of aromatic nitrogens is 1. The van der Waals surface area contributed by atoms with Crippen molar-refractivity contribution >= 4 is 33.3 Å². The summed E-state index contributed by atoms with van der Waals surface area (Å²) in [6.45, 7) is 2.06. The van der Waals surface area contributed by atoms with Gasteiger partial charge in [0.25, 0.3) is 5.91 Å². The van der Waals surface area contributed by atoms with Gasteiger partial charge in [0, 0.05) is 22.6 Å². The summed E-state index contributed by atoms with van der Waals surface area (Å²) in [5, 5.41) is 7.99. The number of benzene rings is 1. The van der Waals surface area contributed by atoms with E-state index in [0.29, 0.717) is 16.8 Å². The Morgan fingerprint density at radius 1 is 1.20 bits per heavy atom. The number of hydrogen-bond donors (Lipinski definition) is 3. The summed E-state index contributed by atoms with van der Waals surface area (Å²) in [6.07, 6.45) is 6.24. The predicted molar refractivity (Wildman–Crippen MR) is 96.5 cm³/mol. The van der Waals surface area contributed by atoms with Gasteiger partial charge in [0.1, 0.15) is 0 Å². The first-order valence-corrected chi connectivity index (χ1v) is 9.80. The number of sulfonamides is 1. The highest BCUT2D eigenvalue weighted by Gasteiger charge is 2.27.